The normalized spacial score (nSPS) is 16.5. The first-order chi connectivity index (χ1) is 19.5. The van der Waals surface area contributed by atoms with Gasteiger partial charge in [-0.2, -0.15) is 0 Å². The standard InChI is InChI=1S/C31H47NO10/c1-19(16-38-27(35)20-11-9-8-10-12-20)24(25(32)26(33)34)21-13-14-22(41-28(36)39-17-30(2,3)4)23(15-21)42-29(37)40-18-31(5,6)7/h13-15,19-20,24-25H,8-12,16-18,32H2,1-7H3,(H,33,34)/t19?,24?,25-/m0/s1. The summed E-state index contributed by atoms with van der Waals surface area (Å²) in [4.78, 5) is 49.6. The lowest BCUT2D eigenvalue weighted by Crippen LogP contribution is -2.41. The first-order valence-electron chi connectivity index (χ1n) is 14.4. The largest absolute Gasteiger partial charge is 0.513 e. The highest BCUT2D eigenvalue weighted by atomic mass is 16.7. The fraction of sp³-hybridized carbons (Fsp3) is 0.677. The quantitative estimate of drug-likeness (QED) is 0.174. The minimum Gasteiger partial charge on any atom is -0.480 e. The summed E-state index contributed by atoms with van der Waals surface area (Å²) in [5, 5.41) is 9.78. The molecule has 1 fully saturated rings. The molecule has 0 aromatic heterocycles. The van der Waals surface area contributed by atoms with Gasteiger partial charge in [-0.3, -0.25) is 9.59 Å². The number of hydrogen-bond acceptors (Lipinski definition) is 10. The van der Waals surface area contributed by atoms with Crippen molar-refractivity contribution in [3.63, 3.8) is 0 Å². The second-order valence-electron chi connectivity index (χ2n) is 13.4. The summed E-state index contributed by atoms with van der Waals surface area (Å²) in [5.74, 6) is -3.41. The third-order valence-corrected chi connectivity index (χ3v) is 6.70. The topological polar surface area (TPSA) is 161 Å². The van der Waals surface area contributed by atoms with E-state index in [1.807, 2.05) is 41.5 Å². The van der Waals surface area contributed by atoms with Crippen molar-refractivity contribution in [2.45, 2.75) is 92.5 Å². The van der Waals surface area contributed by atoms with Crippen molar-refractivity contribution in [1.82, 2.24) is 0 Å². The molecule has 3 atom stereocenters. The number of carbonyl (C=O) groups is 4. The molecule has 1 aliphatic rings. The van der Waals surface area contributed by atoms with E-state index in [0.717, 1.165) is 32.1 Å². The number of hydrogen-bond donors (Lipinski definition) is 2. The lowest BCUT2D eigenvalue weighted by molar-refractivity contribution is -0.151. The fourth-order valence-electron chi connectivity index (χ4n) is 4.50. The van der Waals surface area contributed by atoms with Crippen LogP contribution in [0.25, 0.3) is 0 Å². The molecule has 0 bridgehead atoms. The van der Waals surface area contributed by atoms with Gasteiger partial charge < -0.3 is 34.5 Å². The maximum Gasteiger partial charge on any atom is 0.513 e. The number of esters is 1. The van der Waals surface area contributed by atoms with E-state index in [-0.39, 0.29) is 54.0 Å². The number of benzene rings is 1. The van der Waals surface area contributed by atoms with Gasteiger partial charge in [-0.15, -0.1) is 0 Å². The highest BCUT2D eigenvalue weighted by Crippen LogP contribution is 2.36. The summed E-state index contributed by atoms with van der Waals surface area (Å²) in [7, 11) is 0. The highest BCUT2D eigenvalue weighted by Gasteiger charge is 2.34. The maximum absolute atomic E-state index is 12.6. The number of carboxylic acid groups (broad SMARTS) is 1. The Morgan fingerprint density at radius 1 is 0.857 bits per heavy atom. The molecule has 0 spiro atoms. The van der Waals surface area contributed by atoms with E-state index in [1.54, 1.807) is 6.92 Å². The van der Waals surface area contributed by atoms with Gasteiger partial charge in [-0.1, -0.05) is 73.8 Å². The van der Waals surface area contributed by atoms with E-state index in [0.29, 0.717) is 5.56 Å². The zero-order chi connectivity index (χ0) is 31.7. The van der Waals surface area contributed by atoms with Gasteiger partial charge in [0.25, 0.3) is 0 Å². The van der Waals surface area contributed by atoms with Crippen LogP contribution < -0.4 is 15.2 Å². The molecule has 0 radical (unpaired) electrons. The van der Waals surface area contributed by atoms with Crippen molar-refractivity contribution >= 4 is 24.2 Å². The Labute approximate surface area is 248 Å². The summed E-state index contributed by atoms with van der Waals surface area (Å²) in [6.07, 6.45) is 2.55. The average molecular weight is 594 g/mol. The van der Waals surface area contributed by atoms with Gasteiger partial charge in [0.15, 0.2) is 11.5 Å². The van der Waals surface area contributed by atoms with Gasteiger partial charge in [0, 0.05) is 5.92 Å². The van der Waals surface area contributed by atoms with Crippen LogP contribution in [0.2, 0.25) is 0 Å². The molecule has 1 aromatic carbocycles. The monoisotopic (exact) mass is 593 g/mol. The fourth-order valence-corrected chi connectivity index (χ4v) is 4.50. The summed E-state index contributed by atoms with van der Waals surface area (Å²) in [5.41, 5.74) is 5.84. The van der Waals surface area contributed by atoms with Crippen molar-refractivity contribution in [1.29, 1.82) is 0 Å². The predicted molar refractivity (Wildman–Crippen MR) is 154 cm³/mol. The van der Waals surface area contributed by atoms with Crippen LogP contribution in [0.15, 0.2) is 18.2 Å². The third-order valence-electron chi connectivity index (χ3n) is 6.70. The second-order valence-corrected chi connectivity index (χ2v) is 13.4. The van der Waals surface area contributed by atoms with Gasteiger partial charge in [0.2, 0.25) is 0 Å². The number of rotatable bonds is 11. The molecule has 3 N–H and O–H groups in total. The number of ether oxygens (including phenoxy) is 5. The van der Waals surface area contributed by atoms with Gasteiger partial charge >= 0.3 is 24.2 Å². The Morgan fingerprint density at radius 3 is 1.88 bits per heavy atom. The number of nitrogens with two attached hydrogens (primary N) is 1. The van der Waals surface area contributed by atoms with Crippen LogP contribution in [-0.4, -0.2) is 55.2 Å². The number of carbonyl (C=O) groups excluding carboxylic acids is 3. The van der Waals surface area contributed by atoms with E-state index in [9.17, 15) is 24.3 Å². The Hall–Kier alpha value is -3.34. The average Bonchev–Trinajstić information content (AvgIpc) is 2.90. The Morgan fingerprint density at radius 2 is 1.38 bits per heavy atom. The Kier molecular flexibility index (Phi) is 12.6. The van der Waals surface area contributed by atoms with Crippen LogP contribution in [0.4, 0.5) is 9.59 Å². The molecule has 2 unspecified atom stereocenters. The second kappa shape index (κ2) is 15.2. The molecule has 0 aliphatic heterocycles. The van der Waals surface area contributed by atoms with Gasteiger partial charge in [0.1, 0.15) is 6.04 Å². The van der Waals surface area contributed by atoms with Crippen LogP contribution >= 0.6 is 0 Å². The molecule has 42 heavy (non-hydrogen) atoms. The molecule has 0 heterocycles. The van der Waals surface area contributed by atoms with Crippen LogP contribution in [0.3, 0.4) is 0 Å². The molecule has 11 nitrogen and oxygen atoms in total. The molecular weight excluding hydrogens is 546 g/mol. The molecule has 2 rings (SSSR count). The predicted octanol–water partition coefficient (Wildman–Crippen LogP) is 6.06. The van der Waals surface area contributed by atoms with Crippen molar-refractivity contribution in [2.24, 2.45) is 28.4 Å². The molecule has 1 aliphatic carbocycles. The highest BCUT2D eigenvalue weighted by molar-refractivity contribution is 5.75. The smallest absolute Gasteiger partial charge is 0.480 e. The summed E-state index contributed by atoms with van der Waals surface area (Å²) in [6, 6.07) is 2.88. The SMILES string of the molecule is CC(COC(=O)C1CCCCC1)C(c1ccc(OC(=O)OCC(C)(C)C)c(OC(=O)OCC(C)(C)C)c1)[C@H](N)C(=O)O. The van der Waals surface area contributed by atoms with Crippen LogP contribution in [-0.2, 0) is 23.8 Å². The van der Waals surface area contributed by atoms with E-state index < -0.39 is 36.2 Å². The minimum absolute atomic E-state index is 0.0534. The number of aliphatic carboxylic acids is 1. The molecule has 1 aromatic rings. The molecule has 1 saturated carbocycles. The summed E-state index contributed by atoms with van der Waals surface area (Å²) in [6.45, 7) is 13.1. The Balaban J connectivity index is 2.34. The van der Waals surface area contributed by atoms with Crippen molar-refractivity contribution < 1.29 is 48.0 Å². The minimum atomic E-state index is -1.38. The van der Waals surface area contributed by atoms with Crippen molar-refractivity contribution in [2.75, 3.05) is 19.8 Å². The first kappa shape index (κ1) is 34.9. The van der Waals surface area contributed by atoms with E-state index in [4.69, 9.17) is 29.4 Å². The van der Waals surface area contributed by atoms with E-state index >= 15 is 0 Å². The van der Waals surface area contributed by atoms with E-state index in [1.165, 1.54) is 18.2 Å². The lowest BCUT2D eigenvalue weighted by Gasteiger charge is -2.29. The molecule has 236 valence electrons. The lowest BCUT2D eigenvalue weighted by atomic mass is 9.82. The Bertz CT molecular complexity index is 1080. The van der Waals surface area contributed by atoms with Crippen LogP contribution in [0, 0.1) is 22.7 Å². The van der Waals surface area contributed by atoms with Crippen molar-refractivity contribution in [3.05, 3.63) is 23.8 Å². The summed E-state index contributed by atoms with van der Waals surface area (Å²) >= 11 is 0. The van der Waals surface area contributed by atoms with Crippen molar-refractivity contribution in [3.8, 4) is 11.5 Å². The molecule has 11 heteroatoms. The number of carboxylic acids is 1. The van der Waals surface area contributed by atoms with Crippen LogP contribution in [0.1, 0.15) is 92.1 Å². The van der Waals surface area contributed by atoms with Gasteiger partial charge in [-0.05, 0) is 47.3 Å². The first-order valence-corrected chi connectivity index (χ1v) is 14.4. The van der Waals surface area contributed by atoms with Crippen LogP contribution in [0.5, 0.6) is 11.5 Å². The summed E-state index contributed by atoms with van der Waals surface area (Å²) < 4.78 is 26.7. The zero-order valence-electron chi connectivity index (χ0n) is 25.9. The molecular formula is C31H47NO10. The van der Waals surface area contributed by atoms with Gasteiger partial charge in [-0.25, -0.2) is 9.59 Å². The molecule has 0 amide bonds. The zero-order valence-corrected chi connectivity index (χ0v) is 25.9. The maximum atomic E-state index is 12.6. The molecule has 0 saturated heterocycles. The third kappa shape index (κ3) is 11.9. The van der Waals surface area contributed by atoms with E-state index in [2.05, 4.69) is 0 Å². The van der Waals surface area contributed by atoms with Gasteiger partial charge in [0.05, 0.1) is 25.7 Å².